The van der Waals surface area contributed by atoms with Crippen LogP contribution in [0.2, 0.25) is 0 Å². The van der Waals surface area contributed by atoms with E-state index in [1.807, 2.05) is 0 Å². The van der Waals surface area contributed by atoms with Crippen molar-refractivity contribution in [2.24, 2.45) is 0 Å². The van der Waals surface area contributed by atoms with Gasteiger partial charge in [-0.2, -0.15) is 0 Å². The maximum atomic E-state index is 10.8. The number of carbonyl (C=O) groups is 2. The molecule has 0 saturated carbocycles. The number of nitrogens with one attached hydrogen (secondary N) is 1. The van der Waals surface area contributed by atoms with E-state index in [1.54, 1.807) is 20.8 Å². The number of hydrogen-bond acceptors (Lipinski definition) is 3. The second-order valence-electron chi connectivity index (χ2n) is 3.25. The molecule has 0 aromatic heterocycles. The summed E-state index contributed by atoms with van der Waals surface area (Å²) in [7, 11) is 0. The van der Waals surface area contributed by atoms with Gasteiger partial charge in [-0.05, 0) is 20.8 Å². The fourth-order valence-corrected chi connectivity index (χ4v) is 0.462. The summed E-state index contributed by atoms with van der Waals surface area (Å²) in [6.07, 6.45) is -0.718. The zero-order valence-corrected chi connectivity index (χ0v) is 7.38. The monoisotopic (exact) mass is 199 g/mol. The number of amides is 1. The van der Waals surface area contributed by atoms with Gasteiger partial charge in [0.05, 0.1) is 0 Å². The normalized spacial score (nSPS) is 9.77. The molecule has 0 bridgehead atoms. The van der Waals surface area contributed by atoms with Crippen molar-refractivity contribution < 1.29 is 19.4 Å². The van der Waals surface area contributed by atoms with Crippen LogP contribution in [0.4, 0.5) is 4.79 Å². The standard InChI is InChI=1S/C7H13NO4.Na.H/c1-7(2,3)12-6(11)8-4-5(9)10;;/h4H2,1-3H3,(H,8,11)(H,9,10);;. The molecule has 0 aliphatic heterocycles. The number of hydrogen-bond donors (Lipinski definition) is 2. The summed E-state index contributed by atoms with van der Waals surface area (Å²) < 4.78 is 4.77. The first-order valence-electron chi connectivity index (χ1n) is 3.50. The van der Waals surface area contributed by atoms with Crippen molar-refractivity contribution in [1.29, 1.82) is 0 Å². The van der Waals surface area contributed by atoms with E-state index in [-0.39, 0.29) is 29.6 Å². The second kappa shape index (κ2) is 6.23. The van der Waals surface area contributed by atoms with Crippen LogP contribution in [0, 0.1) is 0 Å². The summed E-state index contributed by atoms with van der Waals surface area (Å²) in [6, 6.07) is 0. The predicted octanol–water partition coefficient (Wildman–Crippen LogP) is -0.0528. The van der Waals surface area contributed by atoms with Crippen LogP contribution in [-0.4, -0.2) is 58.9 Å². The average Bonchev–Trinajstić information content (AvgIpc) is 1.79. The second-order valence-corrected chi connectivity index (χ2v) is 3.25. The molecule has 0 unspecified atom stereocenters. The number of aliphatic carboxylic acids is 1. The van der Waals surface area contributed by atoms with E-state index in [0.29, 0.717) is 0 Å². The summed E-state index contributed by atoms with van der Waals surface area (Å²) in [5.74, 6) is -1.10. The molecule has 6 heteroatoms. The van der Waals surface area contributed by atoms with Crippen LogP contribution < -0.4 is 5.32 Å². The quantitative estimate of drug-likeness (QED) is 0.611. The van der Waals surface area contributed by atoms with Crippen molar-refractivity contribution >= 4 is 41.6 Å². The third kappa shape index (κ3) is 11.7. The van der Waals surface area contributed by atoms with E-state index >= 15 is 0 Å². The Balaban J connectivity index is 0. The molecule has 0 radical (unpaired) electrons. The number of ether oxygens (including phenoxy) is 1. The Morgan fingerprint density at radius 1 is 1.38 bits per heavy atom. The van der Waals surface area contributed by atoms with E-state index in [4.69, 9.17) is 9.84 Å². The Hall–Kier alpha value is -0.260. The minimum absolute atomic E-state index is 0. The number of rotatable bonds is 2. The van der Waals surface area contributed by atoms with Crippen molar-refractivity contribution in [2.75, 3.05) is 6.54 Å². The van der Waals surface area contributed by atoms with Crippen molar-refractivity contribution in [3.8, 4) is 0 Å². The summed E-state index contributed by atoms with van der Waals surface area (Å²) >= 11 is 0. The molecule has 0 spiro atoms. The Morgan fingerprint density at radius 2 is 1.85 bits per heavy atom. The van der Waals surface area contributed by atoms with Gasteiger partial charge >= 0.3 is 41.6 Å². The zero-order valence-electron chi connectivity index (χ0n) is 7.38. The molecular weight excluding hydrogens is 185 g/mol. The molecule has 0 atom stereocenters. The third-order valence-corrected chi connectivity index (χ3v) is 0.783. The van der Waals surface area contributed by atoms with Crippen LogP contribution in [0.1, 0.15) is 20.8 Å². The summed E-state index contributed by atoms with van der Waals surface area (Å²) in [4.78, 5) is 20.8. The summed E-state index contributed by atoms with van der Waals surface area (Å²) in [5.41, 5.74) is -0.595. The molecule has 0 aliphatic rings. The first kappa shape index (κ1) is 15.2. The number of carboxylic acids is 1. The van der Waals surface area contributed by atoms with E-state index in [1.165, 1.54) is 0 Å². The number of alkyl carbamates (subject to hydrolysis) is 1. The molecule has 0 heterocycles. The first-order chi connectivity index (χ1) is 5.31. The van der Waals surface area contributed by atoms with Gasteiger partial charge in [-0.15, -0.1) is 0 Å². The van der Waals surface area contributed by atoms with Gasteiger partial charge in [0.15, 0.2) is 0 Å². The van der Waals surface area contributed by atoms with Gasteiger partial charge in [-0.3, -0.25) is 4.79 Å². The molecule has 72 valence electrons. The molecule has 0 fully saturated rings. The van der Waals surface area contributed by atoms with Crippen LogP contribution in [0.3, 0.4) is 0 Å². The van der Waals surface area contributed by atoms with E-state index < -0.39 is 24.2 Å². The Morgan fingerprint density at radius 3 is 2.15 bits per heavy atom. The number of carbonyl (C=O) groups excluding carboxylic acids is 1. The fraction of sp³-hybridized carbons (Fsp3) is 0.714. The van der Waals surface area contributed by atoms with Gasteiger partial charge in [0, 0.05) is 0 Å². The molecule has 0 aromatic carbocycles. The minimum atomic E-state index is -1.10. The molecule has 13 heavy (non-hydrogen) atoms. The SMILES string of the molecule is CC(C)(C)OC(=O)NCC(=O)O.[NaH]. The summed E-state index contributed by atoms with van der Waals surface area (Å²) in [6.45, 7) is 4.68. The van der Waals surface area contributed by atoms with E-state index in [9.17, 15) is 9.59 Å². The molecule has 1 amide bonds. The maximum absolute atomic E-state index is 10.8. The average molecular weight is 199 g/mol. The Bertz CT molecular complexity index is 187. The molecule has 2 N–H and O–H groups in total. The molecule has 0 aliphatic carbocycles. The van der Waals surface area contributed by atoms with Crippen molar-refractivity contribution in [3.05, 3.63) is 0 Å². The van der Waals surface area contributed by atoms with Gasteiger partial charge in [-0.25, -0.2) is 4.79 Å². The topological polar surface area (TPSA) is 75.6 Å². The van der Waals surface area contributed by atoms with Crippen LogP contribution >= 0.6 is 0 Å². The van der Waals surface area contributed by atoms with Crippen molar-refractivity contribution in [3.63, 3.8) is 0 Å². The fourth-order valence-electron chi connectivity index (χ4n) is 0.462. The molecule has 0 aromatic rings. The van der Waals surface area contributed by atoms with Gasteiger partial charge in [0.25, 0.3) is 0 Å². The van der Waals surface area contributed by atoms with Gasteiger partial charge in [0.1, 0.15) is 12.1 Å². The van der Waals surface area contributed by atoms with Gasteiger partial charge < -0.3 is 15.2 Å². The van der Waals surface area contributed by atoms with Crippen molar-refractivity contribution in [1.82, 2.24) is 5.32 Å². The van der Waals surface area contributed by atoms with Crippen molar-refractivity contribution in [2.45, 2.75) is 26.4 Å². The zero-order chi connectivity index (χ0) is 9.78. The Labute approximate surface area is 99.1 Å². The van der Waals surface area contributed by atoms with Crippen LogP contribution in [0.25, 0.3) is 0 Å². The van der Waals surface area contributed by atoms with Crippen LogP contribution in [0.15, 0.2) is 0 Å². The first-order valence-corrected chi connectivity index (χ1v) is 3.50. The molecule has 5 nitrogen and oxygen atoms in total. The summed E-state index contributed by atoms with van der Waals surface area (Å²) in [5, 5.41) is 10.3. The van der Waals surface area contributed by atoms with Crippen LogP contribution in [-0.2, 0) is 9.53 Å². The van der Waals surface area contributed by atoms with Gasteiger partial charge in [-0.1, -0.05) is 0 Å². The van der Waals surface area contributed by atoms with E-state index in [0.717, 1.165) is 0 Å². The number of carboxylic acid groups (broad SMARTS) is 1. The Kier molecular flexibility index (Phi) is 7.30. The van der Waals surface area contributed by atoms with Crippen LogP contribution in [0.5, 0.6) is 0 Å². The predicted molar refractivity (Wildman–Crippen MR) is 49.0 cm³/mol. The molecular formula is C7H14NNaO4. The third-order valence-electron chi connectivity index (χ3n) is 0.783. The van der Waals surface area contributed by atoms with Gasteiger partial charge in [0.2, 0.25) is 0 Å². The molecule has 0 rings (SSSR count). The molecule has 0 saturated heterocycles. The van der Waals surface area contributed by atoms with E-state index in [2.05, 4.69) is 5.32 Å².